The first-order chi connectivity index (χ1) is 6.24. The summed E-state index contributed by atoms with van der Waals surface area (Å²) in [5.74, 6) is 0.517. The second-order valence-electron chi connectivity index (χ2n) is 3.79. The Kier molecular flexibility index (Phi) is 4.00. The molecule has 0 heterocycles. The van der Waals surface area contributed by atoms with E-state index < -0.39 is 0 Å². The summed E-state index contributed by atoms with van der Waals surface area (Å²) >= 11 is 0. The molecule has 0 aromatic carbocycles. The topological polar surface area (TPSA) is 37.3 Å². The van der Waals surface area contributed by atoms with Crippen molar-refractivity contribution >= 4 is 5.78 Å². The fourth-order valence-electron chi connectivity index (χ4n) is 1.76. The smallest absolute Gasteiger partial charge is 0.159 e. The summed E-state index contributed by atoms with van der Waals surface area (Å²) in [5, 5.41) is 9.36. The summed E-state index contributed by atoms with van der Waals surface area (Å²) in [7, 11) is 0. The summed E-state index contributed by atoms with van der Waals surface area (Å²) in [4.78, 5) is 10.9. The molecule has 0 saturated carbocycles. The Bertz CT molecular complexity index is 206. The van der Waals surface area contributed by atoms with Crippen molar-refractivity contribution in [2.24, 2.45) is 5.92 Å². The molecule has 1 aliphatic rings. The van der Waals surface area contributed by atoms with Crippen LogP contribution in [0.4, 0.5) is 0 Å². The molecule has 1 atom stereocenters. The van der Waals surface area contributed by atoms with Gasteiger partial charge < -0.3 is 5.11 Å². The van der Waals surface area contributed by atoms with E-state index in [1.807, 2.05) is 0 Å². The number of allylic oxidation sites excluding steroid dienone is 2. The molecular formula is C11H18O2. The predicted molar refractivity (Wildman–Crippen MR) is 52.6 cm³/mol. The number of hydrogen-bond acceptors (Lipinski definition) is 2. The SMILES string of the molecule is CCCCCCC1CC(=O)C=C1O. The molecule has 0 aromatic heterocycles. The minimum atomic E-state index is 0.0815. The fourth-order valence-corrected chi connectivity index (χ4v) is 1.76. The van der Waals surface area contributed by atoms with Crippen molar-refractivity contribution in [1.82, 2.24) is 0 Å². The normalized spacial score (nSPS) is 22.1. The first-order valence-electron chi connectivity index (χ1n) is 5.17. The van der Waals surface area contributed by atoms with Crippen LogP contribution >= 0.6 is 0 Å². The molecule has 0 spiro atoms. The molecule has 13 heavy (non-hydrogen) atoms. The monoisotopic (exact) mass is 182 g/mol. The van der Waals surface area contributed by atoms with Gasteiger partial charge in [-0.05, 0) is 6.42 Å². The third-order valence-corrected chi connectivity index (χ3v) is 2.58. The third kappa shape index (κ3) is 3.21. The quantitative estimate of drug-likeness (QED) is 0.664. The Balaban J connectivity index is 2.16. The van der Waals surface area contributed by atoms with Crippen LogP contribution in [0, 0.1) is 5.92 Å². The average Bonchev–Trinajstić information content (AvgIpc) is 2.39. The molecule has 1 aliphatic carbocycles. The van der Waals surface area contributed by atoms with Gasteiger partial charge in [-0.15, -0.1) is 0 Å². The number of aliphatic hydroxyl groups is 1. The van der Waals surface area contributed by atoms with E-state index in [4.69, 9.17) is 0 Å². The van der Waals surface area contributed by atoms with Crippen molar-refractivity contribution in [3.8, 4) is 0 Å². The molecule has 74 valence electrons. The van der Waals surface area contributed by atoms with Crippen molar-refractivity contribution in [2.45, 2.75) is 45.4 Å². The number of rotatable bonds is 5. The molecule has 2 heteroatoms. The van der Waals surface area contributed by atoms with Gasteiger partial charge in [0.05, 0.1) is 5.76 Å². The summed E-state index contributed by atoms with van der Waals surface area (Å²) in [6.45, 7) is 2.18. The fraction of sp³-hybridized carbons (Fsp3) is 0.727. The summed E-state index contributed by atoms with van der Waals surface area (Å²) in [6.07, 6.45) is 7.70. The van der Waals surface area contributed by atoms with Gasteiger partial charge in [-0.25, -0.2) is 0 Å². The van der Waals surface area contributed by atoms with Crippen LogP contribution in [0.2, 0.25) is 0 Å². The second-order valence-corrected chi connectivity index (χ2v) is 3.79. The van der Waals surface area contributed by atoms with Crippen LogP contribution in [0.1, 0.15) is 45.4 Å². The number of hydrogen-bond donors (Lipinski definition) is 1. The highest BCUT2D eigenvalue weighted by Gasteiger charge is 2.23. The molecule has 1 unspecified atom stereocenters. The zero-order valence-electron chi connectivity index (χ0n) is 8.25. The van der Waals surface area contributed by atoms with Crippen LogP contribution in [0.3, 0.4) is 0 Å². The predicted octanol–water partition coefficient (Wildman–Crippen LogP) is 2.99. The first-order valence-corrected chi connectivity index (χ1v) is 5.17. The highest BCUT2D eigenvalue weighted by molar-refractivity contribution is 5.92. The lowest BCUT2D eigenvalue weighted by Gasteiger charge is -2.08. The lowest BCUT2D eigenvalue weighted by molar-refractivity contribution is -0.114. The third-order valence-electron chi connectivity index (χ3n) is 2.58. The highest BCUT2D eigenvalue weighted by atomic mass is 16.3. The Hall–Kier alpha value is -0.790. The minimum absolute atomic E-state index is 0.0815. The van der Waals surface area contributed by atoms with Gasteiger partial charge in [0.25, 0.3) is 0 Å². The molecule has 2 nitrogen and oxygen atoms in total. The van der Waals surface area contributed by atoms with Gasteiger partial charge in [-0.2, -0.15) is 0 Å². The Morgan fingerprint density at radius 3 is 2.77 bits per heavy atom. The van der Waals surface area contributed by atoms with E-state index in [1.54, 1.807) is 0 Å². The molecule has 0 saturated heterocycles. The maximum atomic E-state index is 10.9. The molecule has 0 radical (unpaired) electrons. The van der Waals surface area contributed by atoms with Crippen LogP contribution in [0.25, 0.3) is 0 Å². The van der Waals surface area contributed by atoms with E-state index in [-0.39, 0.29) is 11.7 Å². The average molecular weight is 182 g/mol. The van der Waals surface area contributed by atoms with Gasteiger partial charge >= 0.3 is 0 Å². The van der Waals surface area contributed by atoms with Crippen molar-refractivity contribution in [2.75, 3.05) is 0 Å². The van der Waals surface area contributed by atoms with Gasteiger partial charge in [-0.1, -0.05) is 32.6 Å². The zero-order chi connectivity index (χ0) is 9.68. The lowest BCUT2D eigenvalue weighted by atomic mass is 9.99. The van der Waals surface area contributed by atoms with Crippen LogP contribution in [0.15, 0.2) is 11.8 Å². The van der Waals surface area contributed by atoms with Crippen molar-refractivity contribution in [3.05, 3.63) is 11.8 Å². The van der Waals surface area contributed by atoms with E-state index in [0.29, 0.717) is 12.2 Å². The van der Waals surface area contributed by atoms with E-state index in [0.717, 1.165) is 12.8 Å². The maximum absolute atomic E-state index is 10.9. The second kappa shape index (κ2) is 5.05. The number of unbranched alkanes of at least 4 members (excludes halogenated alkanes) is 3. The van der Waals surface area contributed by atoms with Gasteiger partial charge in [0.1, 0.15) is 0 Å². The van der Waals surface area contributed by atoms with Gasteiger partial charge in [-0.3, -0.25) is 4.79 Å². The first kappa shape index (κ1) is 10.3. The van der Waals surface area contributed by atoms with Gasteiger partial charge in [0.2, 0.25) is 0 Å². The standard InChI is InChI=1S/C11H18O2/c1-2-3-4-5-6-9-7-10(12)8-11(9)13/h8-9,13H,2-7H2,1H3. The van der Waals surface area contributed by atoms with Crippen LogP contribution in [-0.4, -0.2) is 10.9 Å². The number of aliphatic hydroxyl groups excluding tert-OH is 1. The van der Waals surface area contributed by atoms with Crippen LogP contribution in [-0.2, 0) is 4.79 Å². The zero-order valence-corrected chi connectivity index (χ0v) is 8.25. The summed E-state index contributed by atoms with van der Waals surface area (Å²) in [6, 6.07) is 0. The number of carbonyl (C=O) groups excluding carboxylic acids is 1. The number of ketones is 1. The molecule has 0 aromatic rings. The van der Waals surface area contributed by atoms with E-state index in [9.17, 15) is 9.90 Å². The van der Waals surface area contributed by atoms with Gasteiger partial charge in [0.15, 0.2) is 5.78 Å². The van der Waals surface area contributed by atoms with Crippen molar-refractivity contribution in [1.29, 1.82) is 0 Å². The lowest BCUT2D eigenvalue weighted by Crippen LogP contribution is -2.00. The maximum Gasteiger partial charge on any atom is 0.159 e. The molecular weight excluding hydrogens is 164 g/mol. The molecule has 0 fully saturated rings. The van der Waals surface area contributed by atoms with E-state index in [2.05, 4.69) is 6.92 Å². The molecule has 1 N–H and O–H groups in total. The summed E-state index contributed by atoms with van der Waals surface area (Å²) in [5.41, 5.74) is 0. The van der Waals surface area contributed by atoms with E-state index >= 15 is 0 Å². The highest BCUT2D eigenvalue weighted by Crippen LogP contribution is 2.26. The van der Waals surface area contributed by atoms with Crippen LogP contribution in [0.5, 0.6) is 0 Å². The Labute approximate surface area is 79.6 Å². The largest absolute Gasteiger partial charge is 0.512 e. The van der Waals surface area contributed by atoms with Gasteiger partial charge in [0, 0.05) is 18.4 Å². The molecule has 0 bridgehead atoms. The Morgan fingerprint density at radius 1 is 1.46 bits per heavy atom. The number of carbonyl (C=O) groups is 1. The minimum Gasteiger partial charge on any atom is -0.512 e. The van der Waals surface area contributed by atoms with Crippen molar-refractivity contribution in [3.63, 3.8) is 0 Å². The van der Waals surface area contributed by atoms with E-state index in [1.165, 1.54) is 25.3 Å². The van der Waals surface area contributed by atoms with Crippen LogP contribution < -0.4 is 0 Å². The molecule has 1 rings (SSSR count). The summed E-state index contributed by atoms with van der Waals surface area (Å²) < 4.78 is 0. The molecule has 0 aliphatic heterocycles. The molecule has 0 amide bonds. The Morgan fingerprint density at radius 2 is 2.23 bits per heavy atom. The van der Waals surface area contributed by atoms with Crippen molar-refractivity contribution < 1.29 is 9.90 Å².